The minimum absolute atomic E-state index is 0.220. The molecule has 0 spiro atoms. The van der Waals surface area contributed by atoms with E-state index in [1.54, 1.807) is 0 Å². The predicted molar refractivity (Wildman–Crippen MR) is 77.9 cm³/mol. The van der Waals surface area contributed by atoms with E-state index in [0.29, 0.717) is 18.5 Å². The van der Waals surface area contributed by atoms with E-state index in [1.807, 2.05) is 16.8 Å². The first-order valence-corrected chi connectivity index (χ1v) is 7.85. The molecule has 0 aromatic heterocycles. The first-order chi connectivity index (χ1) is 9.13. The van der Waals surface area contributed by atoms with Crippen molar-refractivity contribution >= 4 is 6.03 Å². The first kappa shape index (κ1) is 14.6. The predicted octanol–water partition coefficient (Wildman–Crippen LogP) is 2.29. The number of carbonyl (C=O) groups excluding carboxylic acids is 1. The van der Waals surface area contributed by atoms with Crippen LogP contribution in [0, 0.1) is 11.8 Å². The van der Waals surface area contributed by atoms with Gasteiger partial charge in [0.25, 0.3) is 0 Å². The Kier molecular flexibility index (Phi) is 5.08. The number of rotatable bonds is 2. The summed E-state index contributed by atoms with van der Waals surface area (Å²) in [6.45, 7) is 4.82. The summed E-state index contributed by atoms with van der Waals surface area (Å²) in [6.07, 6.45) is 7.08. The molecular weight excluding hydrogens is 238 g/mol. The molecule has 2 amide bonds. The van der Waals surface area contributed by atoms with Crippen molar-refractivity contribution in [2.24, 2.45) is 17.6 Å². The van der Waals surface area contributed by atoms with Gasteiger partial charge in [0.15, 0.2) is 0 Å². The number of nitrogens with two attached hydrogens (primary N) is 1. The van der Waals surface area contributed by atoms with Crippen LogP contribution in [0.3, 0.4) is 0 Å². The molecule has 1 heterocycles. The summed E-state index contributed by atoms with van der Waals surface area (Å²) in [5.41, 5.74) is 5.88. The van der Waals surface area contributed by atoms with Crippen LogP contribution < -0.4 is 5.73 Å². The molecule has 4 heteroatoms. The van der Waals surface area contributed by atoms with Gasteiger partial charge in [0.05, 0.1) is 0 Å². The second kappa shape index (κ2) is 6.60. The van der Waals surface area contributed by atoms with E-state index in [9.17, 15) is 4.79 Å². The molecule has 1 saturated carbocycles. The summed E-state index contributed by atoms with van der Waals surface area (Å²) in [5.74, 6) is 1.26. The second-order valence-electron chi connectivity index (χ2n) is 6.41. The molecule has 2 rings (SSSR count). The van der Waals surface area contributed by atoms with Crippen LogP contribution >= 0.6 is 0 Å². The zero-order valence-electron chi connectivity index (χ0n) is 12.5. The van der Waals surface area contributed by atoms with Gasteiger partial charge in [0.2, 0.25) is 0 Å². The summed E-state index contributed by atoms with van der Waals surface area (Å²) in [7, 11) is 1.97. The third-order valence-corrected chi connectivity index (χ3v) is 5.03. The maximum Gasteiger partial charge on any atom is 0.319 e. The molecule has 1 aliphatic carbocycles. The second-order valence-corrected chi connectivity index (χ2v) is 6.41. The number of urea groups is 1. The lowest BCUT2D eigenvalue weighted by Crippen LogP contribution is -2.52. The zero-order chi connectivity index (χ0) is 13.8. The summed E-state index contributed by atoms with van der Waals surface area (Å²) in [6, 6.07) is 0.572. The molecular formula is C15H29N3O. The smallest absolute Gasteiger partial charge is 0.319 e. The fourth-order valence-electron chi connectivity index (χ4n) is 3.54. The summed E-state index contributed by atoms with van der Waals surface area (Å²) >= 11 is 0. The van der Waals surface area contributed by atoms with Gasteiger partial charge in [0.1, 0.15) is 0 Å². The molecule has 4 nitrogen and oxygen atoms in total. The van der Waals surface area contributed by atoms with Crippen molar-refractivity contribution in [1.29, 1.82) is 0 Å². The molecule has 2 N–H and O–H groups in total. The topological polar surface area (TPSA) is 49.6 Å². The van der Waals surface area contributed by atoms with Gasteiger partial charge in [-0.1, -0.05) is 19.8 Å². The lowest BCUT2D eigenvalue weighted by Gasteiger charge is -2.41. The van der Waals surface area contributed by atoms with Crippen LogP contribution in [0.5, 0.6) is 0 Å². The van der Waals surface area contributed by atoms with Crippen molar-refractivity contribution in [2.45, 2.75) is 51.5 Å². The third-order valence-electron chi connectivity index (χ3n) is 5.03. The Bertz CT molecular complexity index is 300. The first-order valence-electron chi connectivity index (χ1n) is 7.85. The minimum atomic E-state index is 0.220. The zero-order valence-corrected chi connectivity index (χ0v) is 12.5. The summed E-state index contributed by atoms with van der Waals surface area (Å²) in [5, 5.41) is 0. The van der Waals surface area contributed by atoms with Crippen molar-refractivity contribution in [3.63, 3.8) is 0 Å². The van der Waals surface area contributed by atoms with Gasteiger partial charge in [0, 0.05) is 26.2 Å². The van der Waals surface area contributed by atoms with Gasteiger partial charge in [-0.2, -0.15) is 0 Å². The lowest BCUT2D eigenvalue weighted by molar-refractivity contribution is 0.101. The molecule has 2 unspecified atom stereocenters. The van der Waals surface area contributed by atoms with Crippen molar-refractivity contribution < 1.29 is 4.79 Å². The Morgan fingerprint density at radius 2 is 1.84 bits per heavy atom. The number of amides is 2. The number of likely N-dealkylation sites (tertiary alicyclic amines) is 1. The van der Waals surface area contributed by atoms with Gasteiger partial charge in [-0.15, -0.1) is 0 Å². The molecule has 110 valence electrons. The van der Waals surface area contributed by atoms with Crippen molar-refractivity contribution in [2.75, 3.05) is 26.7 Å². The van der Waals surface area contributed by atoms with E-state index in [0.717, 1.165) is 38.3 Å². The fourth-order valence-corrected chi connectivity index (χ4v) is 3.54. The van der Waals surface area contributed by atoms with Crippen LogP contribution in [0.15, 0.2) is 0 Å². The van der Waals surface area contributed by atoms with Crippen LogP contribution in [0.1, 0.15) is 45.4 Å². The quantitative estimate of drug-likeness (QED) is 0.834. The Morgan fingerprint density at radius 3 is 2.47 bits per heavy atom. The maximum atomic E-state index is 12.6. The number of piperidine rings is 1. The number of carbonyl (C=O) groups is 1. The maximum absolute atomic E-state index is 12.6. The van der Waals surface area contributed by atoms with E-state index in [-0.39, 0.29) is 6.03 Å². The van der Waals surface area contributed by atoms with Crippen molar-refractivity contribution in [3.8, 4) is 0 Å². The normalized spacial score (nSPS) is 29.3. The van der Waals surface area contributed by atoms with Crippen LogP contribution in [-0.4, -0.2) is 48.6 Å². The highest BCUT2D eigenvalue weighted by atomic mass is 16.2. The number of nitrogens with zero attached hydrogens (tertiary/aromatic N) is 2. The Labute approximate surface area is 117 Å². The van der Waals surface area contributed by atoms with Gasteiger partial charge in [-0.3, -0.25) is 0 Å². The molecule has 0 aromatic carbocycles. The molecule has 2 atom stereocenters. The highest BCUT2D eigenvalue weighted by molar-refractivity contribution is 5.74. The van der Waals surface area contributed by atoms with Crippen LogP contribution in [-0.2, 0) is 0 Å². The van der Waals surface area contributed by atoms with E-state index in [1.165, 1.54) is 19.3 Å². The monoisotopic (exact) mass is 267 g/mol. The molecule has 0 radical (unpaired) electrons. The van der Waals surface area contributed by atoms with Crippen molar-refractivity contribution in [1.82, 2.24) is 9.80 Å². The molecule has 1 aliphatic heterocycles. The minimum Gasteiger partial charge on any atom is -0.330 e. The third kappa shape index (κ3) is 3.41. The molecule has 2 aliphatic rings. The molecule has 2 fully saturated rings. The van der Waals surface area contributed by atoms with Gasteiger partial charge in [-0.05, 0) is 44.1 Å². The SMILES string of the molecule is CC1CCN(C(=O)N(C)C2CCCCC2CN)CC1. The average molecular weight is 267 g/mol. The Balaban J connectivity index is 1.93. The standard InChI is InChI=1S/C15H29N3O/c1-12-7-9-18(10-8-12)15(19)17(2)14-6-4-3-5-13(14)11-16/h12-14H,3-11,16H2,1-2H3. The molecule has 19 heavy (non-hydrogen) atoms. The van der Waals surface area contributed by atoms with Crippen molar-refractivity contribution in [3.05, 3.63) is 0 Å². The van der Waals surface area contributed by atoms with Gasteiger partial charge >= 0.3 is 6.03 Å². The van der Waals surface area contributed by atoms with E-state index >= 15 is 0 Å². The van der Waals surface area contributed by atoms with E-state index in [4.69, 9.17) is 5.73 Å². The number of hydrogen-bond acceptors (Lipinski definition) is 2. The Morgan fingerprint density at radius 1 is 1.21 bits per heavy atom. The summed E-state index contributed by atoms with van der Waals surface area (Å²) < 4.78 is 0. The average Bonchev–Trinajstić information content (AvgIpc) is 2.46. The van der Waals surface area contributed by atoms with E-state index < -0.39 is 0 Å². The van der Waals surface area contributed by atoms with Gasteiger partial charge in [-0.25, -0.2) is 4.79 Å². The van der Waals surface area contributed by atoms with Crippen LogP contribution in [0.25, 0.3) is 0 Å². The summed E-state index contributed by atoms with van der Waals surface area (Å²) in [4.78, 5) is 16.6. The van der Waals surface area contributed by atoms with Gasteiger partial charge < -0.3 is 15.5 Å². The van der Waals surface area contributed by atoms with Crippen LogP contribution in [0.4, 0.5) is 4.79 Å². The lowest BCUT2D eigenvalue weighted by atomic mass is 9.84. The molecule has 0 bridgehead atoms. The molecule has 1 saturated heterocycles. The van der Waals surface area contributed by atoms with E-state index in [2.05, 4.69) is 6.92 Å². The Hall–Kier alpha value is -0.770. The fraction of sp³-hybridized carbons (Fsp3) is 0.933. The number of hydrogen-bond donors (Lipinski definition) is 1. The van der Waals surface area contributed by atoms with Crippen LogP contribution in [0.2, 0.25) is 0 Å². The largest absolute Gasteiger partial charge is 0.330 e. The highest BCUT2D eigenvalue weighted by Gasteiger charge is 2.32. The highest BCUT2D eigenvalue weighted by Crippen LogP contribution is 2.28. The molecule has 0 aromatic rings.